The van der Waals surface area contributed by atoms with Gasteiger partial charge in [0.05, 0.1) is 5.41 Å². The normalized spacial score (nSPS) is 11.3. The molecule has 0 aliphatic carbocycles. The van der Waals surface area contributed by atoms with Crippen molar-refractivity contribution in [3.05, 3.63) is 29.8 Å². The topological polar surface area (TPSA) is 75.4 Å². The second-order valence-corrected chi connectivity index (χ2v) is 5.07. The minimum atomic E-state index is -0.568. The molecule has 1 aromatic carbocycles. The lowest BCUT2D eigenvalue weighted by Crippen LogP contribution is -2.37. The third kappa shape index (κ3) is 4.13. The van der Waals surface area contributed by atoms with E-state index in [4.69, 9.17) is 10.8 Å². The Kier molecular flexibility index (Phi) is 5.31. The van der Waals surface area contributed by atoms with E-state index < -0.39 is 5.41 Å². The van der Waals surface area contributed by atoms with Gasteiger partial charge in [-0.25, -0.2) is 0 Å². The molecule has 0 radical (unpaired) electrons. The number of carbonyl (C=O) groups is 1. The number of carbonyl (C=O) groups excluding carboxylic acids is 1. The van der Waals surface area contributed by atoms with Crippen LogP contribution in [0.15, 0.2) is 24.3 Å². The lowest BCUT2D eigenvalue weighted by molar-refractivity contribution is -0.123. The Bertz CT molecular complexity index is 403. The monoisotopic (exact) mass is 250 g/mol. The third-order valence-corrected chi connectivity index (χ3v) is 2.93. The highest BCUT2D eigenvalue weighted by Gasteiger charge is 2.25. The van der Waals surface area contributed by atoms with Crippen LogP contribution in [0.5, 0.6) is 0 Å². The quantitative estimate of drug-likeness (QED) is 0.716. The van der Waals surface area contributed by atoms with Gasteiger partial charge in [-0.2, -0.15) is 0 Å². The number of aryl methyl sites for hydroxylation is 1. The van der Waals surface area contributed by atoms with Crippen LogP contribution < -0.4 is 11.1 Å². The van der Waals surface area contributed by atoms with Gasteiger partial charge in [0, 0.05) is 18.8 Å². The van der Waals surface area contributed by atoms with Crippen molar-refractivity contribution in [2.75, 3.05) is 18.5 Å². The molecule has 0 aromatic heterocycles. The van der Waals surface area contributed by atoms with Gasteiger partial charge in [0.2, 0.25) is 5.91 Å². The van der Waals surface area contributed by atoms with Crippen molar-refractivity contribution in [1.82, 2.24) is 0 Å². The van der Waals surface area contributed by atoms with E-state index in [1.165, 1.54) is 0 Å². The first-order valence-electron chi connectivity index (χ1n) is 6.21. The molecule has 4 N–H and O–H groups in total. The minimum Gasteiger partial charge on any atom is -0.396 e. The van der Waals surface area contributed by atoms with Crippen molar-refractivity contribution in [3.63, 3.8) is 0 Å². The maximum atomic E-state index is 12.0. The summed E-state index contributed by atoms with van der Waals surface area (Å²) in [6.07, 6.45) is 1.53. The predicted octanol–water partition coefficient (Wildman–Crippen LogP) is 1.53. The van der Waals surface area contributed by atoms with Crippen LogP contribution in [0.3, 0.4) is 0 Å². The van der Waals surface area contributed by atoms with E-state index in [0.717, 1.165) is 24.1 Å². The first kappa shape index (κ1) is 14.7. The van der Waals surface area contributed by atoms with Crippen LogP contribution in [-0.4, -0.2) is 24.2 Å². The molecular weight excluding hydrogens is 228 g/mol. The molecule has 0 unspecified atom stereocenters. The van der Waals surface area contributed by atoms with Gasteiger partial charge in [-0.15, -0.1) is 0 Å². The second-order valence-electron chi connectivity index (χ2n) is 5.07. The van der Waals surface area contributed by atoms with Gasteiger partial charge in [0.1, 0.15) is 0 Å². The molecule has 0 spiro atoms. The van der Waals surface area contributed by atoms with Crippen LogP contribution in [0, 0.1) is 5.41 Å². The zero-order valence-electron chi connectivity index (χ0n) is 11.1. The van der Waals surface area contributed by atoms with E-state index in [1.54, 1.807) is 0 Å². The summed E-state index contributed by atoms with van der Waals surface area (Å²) in [6.45, 7) is 4.12. The zero-order chi connectivity index (χ0) is 13.6. The van der Waals surface area contributed by atoms with E-state index in [9.17, 15) is 4.79 Å². The van der Waals surface area contributed by atoms with Crippen LogP contribution in [0.25, 0.3) is 0 Å². The van der Waals surface area contributed by atoms with E-state index in [2.05, 4.69) is 5.32 Å². The third-order valence-electron chi connectivity index (χ3n) is 2.93. The summed E-state index contributed by atoms with van der Waals surface area (Å²) in [7, 11) is 0. The molecule has 4 heteroatoms. The molecule has 100 valence electrons. The molecule has 0 fully saturated rings. The van der Waals surface area contributed by atoms with Crippen LogP contribution in [-0.2, 0) is 11.2 Å². The number of nitrogens with one attached hydrogen (secondary N) is 1. The fourth-order valence-electron chi connectivity index (χ4n) is 1.48. The van der Waals surface area contributed by atoms with Crippen LogP contribution >= 0.6 is 0 Å². The lowest BCUT2D eigenvalue weighted by Gasteiger charge is -2.21. The summed E-state index contributed by atoms with van der Waals surface area (Å²) in [5.41, 5.74) is 6.88. The van der Waals surface area contributed by atoms with E-state index in [1.807, 2.05) is 38.1 Å². The molecule has 0 saturated heterocycles. The highest BCUT2D eigenvalue weighted by Crippen LogP contribution is 2.18. The summed E-state index contributed by atoms with van der Waals surface area (Å²) in [6, 6.07) is 7.67. The highest BCUT2D eigenvalue weighted by molar-refractivity contribution is 5.95. The van der Waals surface area contributed by atoms with Crippen LogP contribution in [0.4, 0.5) is 5.69 Å². The van der Waals surface area contributed by atoms with Gasteiger partial charge in [0.25, 0.3) is 0 Å². The highest BCUT2D eigenvalue weighted by atomic mass is 16.2. The first-order valence-corrected chi connectivity index (χ1v) is 6.21. The number of nitrogens with two attached hydrogens (primary N) is 1. The summed E-state index contributed by atoms with van der Waals surface area (Å²) in [5, 5.41) is 11.7. The lowest BCUT2D eigenvalue weighted by atomic mass is 9.92. The van der Waals surface area contributed by atoms with Crippen molar-refractivity contribution in [2.24, 2.45) is 11.1 Å². The average Bonchev–Trinajstić information content (AvgIpc) is 2.36. The summed E-state index contributed by atoms with van der Waals surface area (Å²) >= 11 is 0. The van der Waals surface area contributed by atoms with Crippen LogP contribution in [0.1, 0.15) is 25.8 Å². The van der Waals surface area contributed by atoms with Gasteiger partial charge < -0.3 is 16.2 Å². The fourth-order valence-corrected chi connectivity index (χ4v) is 1.48. The Labute approximate surface area is 108 Å². The Morgan fingerprint density at radius 3 is 2.78 bits per heavy atom. The van der Waals surface area contributed by atoms with E-state index in [0.29, 0.717) is 6.54 Å². The van der Waals surface area contributed by atoms with Crippen molar-refractivity contribution in [3.8, 4) is 0 Å². The van der Waals surface area contributed by atoms with Gasteiger partial charge in [-0.3, -0.25) is 4.79 Å². The second kappa shape index (κ2) is 6.52. The van der Waals surface area contributed by atoms with E-state index in [-0.39, 0.29) is 12.5 Å². The van der Waals surface area contributed by atoms with Crippen molar-refractivity contribution >= 4 is 11.6 Å². The maximum absolute atomic E-state index is 12.0. The number of anilines is 1. The Balaban J connectivity index is 2.70. The largest absolute Gasteiger partial charge is 0.396 e. The molecule has 4 nitrogen and oxygen atoms in total. The molecule has 0 heterocycles. The van der Waals surface area contributed by atoms with E-state index >= 15 is 0 Å². The Morgan fingerprint density at radius 2 is 2.17 bits per heavy atom. The predicted molar refractivity (Wildman–Crippen MR) is 73.3 cm³/mol. The summed E-state index contributed by atoms with van der Waals surface area (Å²) in [4.78, 5) is 12.0. The molecule has 1 aromatic rings. The number of amides is 1. The molecule has 0 aliphatic heterocycles. The van der Waals surface area contributed by atoms with Gasteiger partial charge in [0.15, 0.2) is 0 Å². The van der Waals surface area contributed by atoms with Crippen molar-refractivity contribution < 1.29 is 9.90 Å². The molecule has 0 saturated carbocycles. The number of hydrogen-bond donors (Lipinski definition) is 3. The van der Waals surface area contributed by atoms with Crippen molar-refractivity contribution in [2.45, 2.75) is 26.7 Å². The van der Waals surface area contributed by atoms with Crippen molar-refractivity contribution in [1.29, 1.82) is 0 Å². The molecule has 0 bridgehead atoms. The number of hydrogen-bond acceptors (Lipinski definition) is 3. The standard InChI is InChI=1S/C14H22N2O2/c1-14(2,10-15)13(18)16-12-7-3-5-11(9-12)6-4-8-17/h3,5,7,9,17H,4,6,8,10,15H2,1-2H3,(H,16,18). The summed E-state index contributed by atoms with van der Waals surface area (Å²) < 4.78 is 0. The number of rotatable bonds is 6. The SMILES string of the molecule is CC(C)(CN)C(=O)Nc1cccc(CCCO)c1. The summed E-state index contributed by atoms with van der Waals surface area (Å²) in [5.74, 6) is -0.0793. The average molecular weight is 250 g/mol. The van der Waals surface area contributed by atoms with Gasteiger partial charge >= 0.3 is 0 Å². The fraction of sp³-hybridized carbons (Fsp3) is 0.500. The zero-order valence-corrected chi connectivity index (χ0v) is 11.1. The Morgan fingerprint density at radius 1 is 1.44 bits per heavy atom. The van der Waals surface area contributed by atoms with Gasteiger partial charge in [-0.05, 0) is 44.4 Å². The Hall–Kier alpha value is -1.39. The maximum Gasteiger partial charge on any atom is 0.231 e. The molecule has 1 rings (SSSR count). The molecule has 18 heavy (non-hydrogen) atoms. The van der Waals surface area contributed by atoms with Crippen LogP contribution in [0.2, 0.25) is 0 Å². The first-order chi connectivity index (χ1) is 8.49. The van der Waals surface area contributed by atoms with Gasteiger partial charge in [-0.1, -0.05) is 12.1 Å². The molecule has 1 amide bonds. The molecular formula is C14H22N2O2. The number of aliphatic hydroxyl groups is 1. The number of aliphatic hydroxyl groups excluding tert-OH is 1. The molecule has 0 aliphatic rings. The molecule has 0 atom stereocenters. The minimum absolute atomic E-state index is 0.0793. The number of benzene rings is 1. The smallest absolute Gasteiger partial charge is 0.231 e.